The van der Waals surface area contributed by atoms with Gasteiger partial charge in [0.25, 0.3) is 5.91 Å². The summed E-state index contributed by atoms with van der Waals surface area (Å²) in [5.41, 5.74) is 2.47. The van der Waals surface area contributed by atoms with Crippen LogP contribution >= 0.6 is 11.8 Å². The van der Waals surface area contributed by atoms with Crippen LogP contribution in [0.5, 0.6) is 0 Å². The van der Waals surface area contributed by atoms with Crippen LogP contribution in [0.4, 0.5) is 20.2 Å². The molecule has 0 radical (unpaired) electrons. The molecule has 0 aromatic heterocycles. The fourth-order valence-corrected chi connectivity index (χ4v) is 4.85. The average Bonchev–Trinajstić information content (AvgIpc) is 2.74. The normalized spacial score (nSPS) is 23.9. The molecule has 2 aliphatic heterocycles. The molecule has 0 aliphatic carbocycles. The van der Waals surface area contributed by atoms with E-state index in [1.54, 1.807) is 0 Å². The highest BCUT2D eigenvalue weighted by Crippen LogP contribution is 2.33. The minimum atomic E-state index is -0.948. The Bertz CT molecular complexity index is 981. The molecular formula is C23H25F2N3OS. The largest absolute Gasteiger partial charge is 0.366 e. The molecule has 30 heavy (non-hydrogen) atoms. The van der Waals surface area contributed by atoms with Crippen molar-refractivity contribution in [2.75, 3.05) is 35.2 Å². The second-order valence-corrected chi connectivity index (χ2v) is 8.92. The summed E-state index contributed by atoms with van der Waals surface area (Å²) in [5, 5.41) is 3.49. The van der Waals surface area contributed by atoms with E-state index in [1.165, 1.54) is 22.7 Å². The molecule has 2 atom stereocenters. The number of halogens is 2. The van der Waals surface area contributed by atoms with E-state index in [2.05, 4.69) is 30.1 Å². The number of amides is 1. The van der Waals surface area contributed by atoms with Crippen LogP contribution in [0, 0.1) is 11.6 Å². The first kappa shape index (κ1) is 20.9. The van der Waals surface area contributed by atoms with Gasteiger partial charge in [0.15, 0.2) is 11.6 Å². The minimum Gasteiger partial charge on any atom is -0.366 e. The monoisotopic (exact) mass is 429 g/mol. The Labute approximate surface area is 179 Å². The van der Waals surface area contributed by atoms with Gasteiger partial charge in [-0.2, -0.15) is 0 Å². The summed E-state index contributed by atoms with van der Waals surface area (Å²) in [6.45, 7) is 6.61. The number of piperazine rings is 1. The molecule has 2 unspecified atom stereocenters. The van der Waals surface area contributed by atoms with Crippen LogP contribution in [0.3, 0.4) is 0 Å². The zero-order valence-electron chi connectivity index (χ0n) is 17.1. The van der Waals surface area contributed by atoms with Crippen molar-refractivity contribution in [3.05, 3.63) is 64.6 Å². The van der Waals surface area contributed by atoms with Gasteiger partial charge in [-0.3, -0.25) is 4.79 Å². The molecule has 2 fully saturated rings. The number of hydrogen-bond acceptors (Lipinski definition) is 4. The molecule has 0 bridgehead atoms. The number of nitrogens with zero attached hydrogens (tertiary/aromatic N) is 2. The van der Waals surface area contributed by atoms with E-state index in [-0.39, 0.29) is 5.91 Å². The van der Waals surface area contributed by atoms with E-state index in [1.807, 2.05) is 24.3 Å². The van der Waals surface area contributed by atoms with Crippen molar-refractivity contribution < 1.29 is 13.6 Å². The Hall–Kier alpha value is -2.38. The molecule has 2 aromatic carbocycles. The van der Waals surface area contributed by atoms with Crippen LogP contribution in [-0.2, 0) is 4.79 Å². The fraction of sp³-hybridized carbons (Fsp3) is 0.348. The van der Waals surface area contributed by atoms with Gasteiger partial charge in [-0.1, -0.05) is 18.2 Å². The predicted molar refractivity (Wildman–Crippen MR) is 120 cm³/mol. The molecule has 158 valence electrons. The topological polar surface area (TPSA) is 35.6 Å². The van der Waals surface area contributed by atoms with Gasteiger partial charge in [0.05, 0.1) is 4.91 Å². The van der Waals surface area contributed by atoms with Gasteiger partial charge in [-0.25, -0.2) is 8.78 Å². The van der Waals surface area contributed by atoms with Gasteiger partial charge in [0.1, 0.15) is 0 Å². The molecular weight excluding hydrogens is 404 g/mol. The van der Waals surface area contributed by atoms with Crippen molar-refractivity contribution in [1.82, 2.24) is 5.32 Å². The Morgan fingerprint density at radius 2 is 1.93 bits per heavy atom. The SMILES string of the molecule is CC1CN(c2ccccc2/C=C2\SCCN(c3ccc(F)c(F)c3)C2=O)C(C)CN1. The lowest BCUT2D eigenvalue weighted by molar-refractivity contribution is -0.114. The summed E-state index contributed by atoms with van der Waals surface area (Å²) in [5.74, 6) is -1.36. The summed E-state index contributed by atoms with van der Waals surface area (Å²) in [6.07, 6.45) is 1.92. The molecule has 2 aliphatic rings. The Morgan fingerprint density at radius 1 is 1.13 bits per heavy atom. The molecule has 1 N–H and O–H groups in total. The second kappa shape index (κ2) is 8.78. The van der Waals surface area contributed by atoms with Crippen molar-refractivity contribution >= 4 is 35.1 Å². The van der Waals surface area contributed by atoms with Crippen LogP contribution in [0.25, 0.3) is 6.08 Å². The Kier molecular flexibility index (Phi) is 6.11. The van der Waals surface area contributed by atoms with Crippen molar-refractivity contribution in [3.63, 3.8) is 0 Å². The summed E-state index contributed by atoms with van der Waals surface area (Å²) >= 11 is 1.50. The highest BCUT2D eigenvalue weighted by Gasteiger charge is 2.28. The lowest BCUT2D eigenvalue weighted by Crippen LogP contribution is -2.54. The first-order valence-corrected chi connectivity index (χ1v) is 11.1. The van der Waals surface area contributed by atoms with Gasteiger partial charge in [-0.15, -0.1) is 11.8 Å². The number of thioether (sulfide) groups is 1. The smallest absolute Gasteiger partial charge is 0.264 e. The molecule has 2 saturated heterocycles. The molecule has 7 heteroatoms. The second-order valence-electron chi connectivity index (χ2n) is 7.78. The number of para-hydroxylation sites is 1. The van der Waals surface area contributed by atoms with Crippen molar-refractivity contribution in [2.24, 2.45) is 0 Å². The lowest BCUT2D eigenvalue weighted by atomic mass is 10.1. The van der Waals surface area contributed by atoms with Gasteiger partial charge in [0, 0.05) is 54.9 Å². The van der Waals surface area contributed by atoms with Crippen LogP contribution in [-0.4, -0.2) is 43.4 Å². The third-order valence-corrected chi connectivity index (χ3v) is 6.53. The molecule has 0 saturated carbocycles. The first-order chi connectivity index (χ1) is 14.4. The molecule has 4 nitrogen and oxygen atoms in total. The Balaban J connectivity index is 1.65. The fourth-order valence-electron chi connectivity index (χ4n) is 3.92. The van der Waals surface area contributed by atoms with E-state index in [0.29, 0.717) is 35.0 Å². The predicted octanol–water partition coefficient (Wildman–Crippen LogP) is 4.27. The number of benzene rings is 2. The van der Waals surface area contributed by atoms with Crippen LogP contribution in [0.1, 0.15) is 19.4 Å². The maximum atomic E-state index is 13.7. The number of rotatable bonds is 3. The number of anilines is 2. The number of carbonyl (C=O) groups is 1. The van der Waals surface area contributed by atoms with Gasteiger partial charge >= 0.3 is 0 Å². The summed E-state index contributed by atoms with van der Waals surface area (Å²) in [4.78, 5) is 17.6. The number of carbonyl (C=O) groups excluding carboxylic acids is 1. The van der Waals surface area contributed by atoms with Gasteiger partial charge < -0.3 is 15.1 Å². The first-order valence-electron chi connectivity index (χ1n) is 10.1. The van der Waals surface area contributed by atoms with Gasteiger partial charge in [0.2, 0.25) is 0 Å². The van der Waals surface area contributed by atoms with Crippen molar-refractivity contribution in [1.29, 1.82) is 0 Å². The Morgan fingerprint density at radius 3 is 2.73 bits per heavy atom. The average molecular weight is 430 g/mol. The third-order valence-electron chi connectivity index (χ3n) is 5.54. The molecule has 4 rings (SSSR count). The quantitative estimate of drug-likeness (QED) is 0.739. The van der Waals surface area contributed by atoms with Crippen molar-refractivity contribution in [2.45, 2.75) is 25.9 Å². The lowest BCUT2D eigenvalue weighted by Gasteiger charge is -2.40. The summed E-state index contributed by atoms with van der Waals surface area (Å²) in [7, 11) is 0. The van der Waals surface area contributed by atoms with Crippen LogP contribution < -0.4 is 15.1 Å². The molecule has 0 spiro atoms. The van der Waals surface area contributed by atoms with E-state index < -0.39 is 11.6 Å². The highest BCUT2D eigenvalue weighted by molar-refractivity contribution is 8.04. The summed E-state index contributed by atoms with van der Waals surface area (Å²) in [6, 6.07) is 12.4. The molecule has 1 amide bonds. The zero-order chi connectivity index (χ0) is 21.3. The van der Waals surface area contributed by atoms with E-state index >= 15 is 0 Å². The van der Waals surface area contributed by atoms with Gasteiger partial charge in [-0.05, 0) is 43.7 Å². The van der Waals surface area contributed by atoms with E-state index in [0.717, 1.165) is 36.5 Å². The number of nitrogens with one attached hydrogen (secondary N) is 1. The molecule has 2 heterocycles. The third kappa shape index (κ3) is 4.23. The number of hydrogen-bond donors (Lipinski definition) is 1. The van der Waals surface area contributed by atoms with Crippen LogP contribution in [0.2, 0.25) is 0 Å². The van der Waals surface area contributed by atoms with Crippen molar-refractivity contribution in [3.8, 4) is 0 Å². The van der Waals surface area contributed by atoms with E-state index in [4.69, 9.17) is 0 Å². The standard InChI is InChI=1S/C23H25F2N3OS/c1-15-14-28(16(2)13-26-15)21-6-4-3-5-17(21)11-22-23(29)27(9-10-30-22)18-7-8-19(24)20(25)12-18/h3-8,11-12,15-16,26H,9-10,13-14H2,1-2H3/b22-11-. The molecule has 2 aromatic rings. The highest BCUT2D eigenvalue weighted by atomic mass is 32.2. The maximum absolute atomic E-state index is 13.7. The van der Waals surface area contributed by atoms with Crippen LogP contribution in [0.15, 0.2) is 47.4 Å². The minimum absolute atomic E-state index is 0.186. The van der Waals surface area contributed by atoms with E-state index in [9.17, 15) is 13.6 Å². The zero-order valence-corrected chi connectivity index (χ0v) is 17.9. The summed E-state index contributed by atoms with van der Waals surface area (Å²) < 4.78 is 27.0. The maximum Gasteiger partial charge on any atom is 0.264 e.